The van der Waals surface area contributed by atoms with E-state index in [0.29, 0.717) is 12.2 Å². The first-order valence-electron chi connectivity index (χ1n) is 8.37. The number of nitrogens with two attached hydrogens (primary N) is 1. The van der Waals surface area contributed by atoms with E-state index in [1.165, 1.54) is 4.90 Å². The van der Waals surface area contributed by atoms with E-state index in [1.807, 2.05) is 30.3 Å². The van der Waals surface area contributed by atoms with Gasteiger partial charge in [0.25, 0.3) is 5.91 Å². The lowest BCUT2D eigenvalue weighted by molar-refractivity contribution is -0.125. The number of primary amides is 1. The van der Waals surface area contributed by atoms with Crippen LogP contribution in [0.2, 0.25) is 0 Å². The highest BCUT2D eigenvalue weighted by Crippen LogP contribution is 2.40. The summed E-state index contributed by atoms with van der Waals surface area (Å²) in [5, 5.41) is 7.68. The van der Waals surface area contributed by atoms with Gasteiger partial charge in [0.2, 0.25) is 6.10 Å². The number of anilines is 1. The highest BCUT2D eigenvalue weighted by atomic mass is 16.6. The van der Waals surface area contributed by atoms with Gasteiger partial charge < -0.3 is 10.5 Å². The van der Waals surface area contributed by atoms with Gasteiger partial charge in [-0.25, -0.2) is 14.5 Å². The number of hydrogen-bond donors (Lipinski definition) is 1. The molecule has 4 heterocycles. The molecule has 3 aromatic rings. The van der Waals surface area contributed by atoms with Crippen molar-refractivity contribution < 1.29 is 14.3 Å². The molecule has 2 N–H and O–H groups in total. The minimum Gasteiger partial charge on any atom is -0.433 e. The predicted octanol–water partition coefficient (Wildman–Crippen LogP) is 1.06. The number of carbonyl (C=O) groups is 2. The van der Waals surface area contributed by atoms with Crippen LogP contribution in [-0.2, 0) is 16.0 Å². The lowest BCUT2D eigenvalue weighted by Crippen LogP contribution is -2.40. The van der Waals surface area contributed by atoms with Crippen molar-refractivity contribution in [2.45, 2.75) is 18.6 Å². The number of cyclic esters (lactones) is 1. The van der Waals surface area contributed by atoms with Crippen LogP contribution in [0.5, 0.6) is 0 Å². The van der Waals surface area contributed by atoms with Crippen molar-refractivity contribution in [1.29, 1.82) is 0 Å². The van der Waals surface area contributed by atoms with E-state index >= 15 is 0 Å². The molecule has 0 aliphatic carbocycles. The number of hydrogen-bond acceptors (Lipinski definition) is 6. The summed E-state index contributed by atoms with van der Waals surface area (Å²) in [4.78, 5) is 29.6. The highest BCUT2D eigenvalue weighted by Gasteiger charge is 2.49. The van der Waals surface area contributed by atoms with E-state index in [4.69, 9.17) is 10.5 Å². The Morgan fingerprint density at radius 2 is 2.07 bits per heavy atom. The molecule has 0 radical (unpaired) electrons. The minimum atomic E-state index is -0.919. The second kappa shape index (κ2) is 5.63. The summed E-state index contributed by atoms with van der Waals surface area (Å²) in [6, 6.07) is 9.20. The summed E-state index contributed by atoms with van der Waals surface area (Å²) >= 11 is 0. The third-order valence-electron chi connectivity index (χ3n) is 4.89. The summed E-state index contributed by atoms with van der Waals surface area (Å²) in [6.45, 7) is 0. The fraction of sp³-hybridized carbons (Fsp3) is 0.167. The Bertz CT molecular complexity index is 1050. The topological polar surface area (TPSA) is 116 Å². The van der Waals surface area contributed by atoms with Crippen molar-refractivity contribution in [3.8, 4) is 16.9 Å². The average Bonchev–Trinajstić information content (AvgIpc) is 3.38. The van der Waals surface area contributed by atoms with Crippen LogP contribution in [0.1, 0.15) is 5.56 Å². The van der Waals surface area contributed by atoms with Gasteiger partial charge in [0.15, 0.2) is 5.82 Å². The van der Waals surface area contributed by atoms with Crippen LogP contribution in [0, 0.1) is 0 Å². The number of amides is 2. The maximum Gasteiger partial charge on any atom is 0.415 e. The predicted molar refractivity (Wildman–Crippen MR) is 94.0 cm³/mol. The molecule has 0 saturated carbocycles. The van der Waals surface area contributed by atoms with Gasteiger partial charge in [-0.05, 0) is 41.8 Å². The lowest BCUT2D eigenvalue weighted by atomic mass is 10.0. The number of rotatable bonds is 3. The fourth-order valence-electron chi connectivity index (χ4n) is 3.65. The Morgan fingerprint density at radius 3 is 2.78 bits per heavy atom. The van der Waals surface area contributed by atoms with E-state index in [1.54, 1.807) is 23.3 Å². The molecular formula is C18H14N6O3. The summed E-state index contributed by atoms with van der Waals surface area (Å²) in [5.41, 5.74) is 8.99. The van der Waals surface area contributed by atoms with Crippen molar-refractivity contribution in [3.05, 3.63) is 54.5 Å². The molecule has 27 heavy (non-hydrogen) atoms. The van der Waals surface area contributed by atoms with E-state index in [0.717, 1.165) is 22.4 Å². The van der Waals surface area contributed by atoms with Crippen LogP contribution >= 0.6 is 0 Å². The summed E-state index contributed by atoms with van der Waals surface area (Å²) in [6.07, 6.45) is 4.14. The van der Waals surface area contributed by atoms with E-state index < -0.39 is 18.1 Å². The van der Waals surface area contributed by atoms with Crippen molar-refractivity contribution in [1.82, 2.24) is 20.0 Å². The van der Waals surface area contributed by atoms with Gasteiger partial charge in [0, 0.05) is 11.8 Å². The number of pyridine rings is 1. The summed E-state index contributed by atoms with van der Waals surface area (Å²) in [5.74, 6) is 0.0434. The number of aromatic nitrogens is 4. The number of fused-ring (bicyclic) bond motifs is 3. The van der Waals surface area contributed by atoms with Crippen LogP contribution < -0.4 is 10.6 Å². The van der Waals surface area contributed by atoms with Gasteiger partial charge in [-0.3, -0.25) is 9.69 Å². The molecule has 2 aliphatic heterocycles. The second-order valence-electron chi connectivity index (χ2n) is 6.44. The third kappa shape index (κ3) is 2.35. The zero-order chi connectivity index (χ0) is 18.5. The molecule has 2 aromatic heterocycles. The van der Waals surface area contributed by atoms with E-state index in [9.17, 15) is 9.59 Å². The van der Waals surface area contributed by atoms with Crippen LogP contribution in [0.25, 0.3) is 16.9 Å². The molecule has 1 saturated heterocycles. The van der Waals surface area contributed by atoms with E-state index in [-0.39, 0.29) is 6.04 Å². The van der Waals surface area contributed by atoms with Gasteiger partial charge in [-0.2, -0.15) is 0 Å². The smallest absolute Gasteiger partial charge is 0.415 e. The van der Waals surface area contributed by atoms with Crippen LogP contribution in [-0.4, -0.2) is 44.1 Å². The standard InChI is InChI=1S/C18H14N6O3/c19-17(25)16-14-8-12-7-10(1-3-13(12)24(14)18(26)27-16)11-2-4-15(20-9-11)23-6-5-21-22-23/h1-7,9,14,16H,8H2,(H2,19,25)/t14-,16+/m0/s1. The van der Waals surface area contributed by atoms with Gasteiger partial charge in [-0.15, -0.1) is 5.10 Å². The molecule has 9 nitrogen and oxygen atoms in total. The molecule has 5 rings (SSSR count). The van der Waals surface area contributed by atoms with Gasteiger partial charge in [0.1, 0.15) is 0 Å². The average molecular weight is 362 g/mol. The Labute approximate surface area is 153 Å². The first-order valence-corrected chi connectivity index (χ1v) is 8.37. The molecule has 134 valence electrons. The van der Waals surface area contributed by atoms with Crippen LogP contribution in [0.3, 0.4) is 0 Å². The molecule has 0 unspecified atom stereocenters. The second-order valence-corrected chi connectivity index (χ2v) is 6.44. The molecule has 1 fully saturated rings. The van der Waals surface area contributed by atoms with Gasteiger partial charge in [0.05, 0.1) is 24.1 Å². The first kappa shape index (κ1) is 15.5. The molecule has 0 bridgehead atoms. The van der Waals surface area contributed by atoms with Crippen molar-refractivity contribution in [3.63, 3.8) is 0 Å². The van der Waals surface area contributed by atoms with Crippen molar-refractivity contribution in [2.75, 3.05) is 4.90 Å². The first-order chi connectivity index (χ1) is 13.1. The normalized spacial score (nSPS) is 20.3. The van der Waals surface area contributed by atoms with Gasteiger partial charge >= 0.3 is 6.09 Å². The van der Waals surface area contributed by atoms with Gasteiger partial charge in [-0.1, -0.05) is 11.3 Å². The molecule has 9 heteroatoms. The monoisotopic (exact) mass is 362 g/mol. The third-order valence-corrected chi connectivity index (χ3v) is 4.89. The van der Waals surface area contributed by atoms with Crippen LogP contribution in [0.15, 0.2) is 48.9 Å². The minimum absolute atomic E-state index is 0.381. The maximum atomic E-state index is 12.1. The summed E-state index contributed by atoms with van der Waals surface area (Å²) < 4.78 is 6.68. The highest BCUT2D eigenvalue weighted by molar-refractivity contribution is 5.99. The lowest BCUT2D eigenvalue weighted by Gasteiger charge is -2.14. The molecule has 2 amide bonds. The van der Waals surface area contributed by atoms with Crippen molar-refractivity contribution >= 4 is 17.7 Å². The van der Waals surface area contributed by atoms with Crippen molar-refractivity contribution in [2.24, 2.45) is 5.73 Å². The van der Waals surface area contributed by atoms with E-state index in [2.05, 4.69) is 15.3 Å². The SMILES string of the molecule is NC(=O)[C@@H]1OC(=O)N2c3ccc(-c4ccc(-n5ccnn5)nc4)cc3C[C@@H]12. The molecule has 2 atom stereocenters. The fourth-order valence-corrected chi connectivity index (χ4v) is 3.65. The number of ether oxygens (including phenoxy) is 1. The number of benzene rings is 1. The Morgan fingerprint density at radius 1 is 1.22 bits per heavy atom. The Hall–Kier alpha value is -3.75. The van der Waals surface area contributed by atoms with Crippen LogP contribution in [0.4, 0.5) is 10.5 Å². The summed E-state index contributed by atoms with van der Waals surface area (Å²) in [7, 11) is 0. The molecule has 0 spiro atoms. The molecule has 1 aromatic carbocycles. The Kier molecular flexibility index (Phi) is 3.23. The number of nitrogens with zero attached hydrogens (tertiary/aromatic N) is 5. The number of carbonyl (C=O) groups excluding carboxylic acids is 2. The molecular weight excluding hydrogens is 348 g/mol. The maximum absolute atomic E-state index is 12.1. The zero-order valence-corrected chi connectivity index (χ0v) is 14.0. The largest absolute Gasteiger partial charge is 0.433 e. The Balaban J connectivity index is 1.46. The molecule has 2 aliphatic rings. The quantitative estimate of drug-likeness (QED) is 0.745. The zero-order valence-electron chi connectivity index (χ0n) is 14.0.